The van der Waals surface area contributed by atoms with E-state index in [0.717, 1.165) is 0 Å². The molecule has 0 rings (SSSR count). The fourth-order valence-corrected chi connectivity index (χ4v) is 2.25. The first-order valence-electron chi connectivity index (χ1n) is 3.73. The highest BCUT2D eigenvalue weighted by Crippen LogP contribution is 2.12. The average molecular weight is 205 g/mol. The zero-order valence-electron chi connectivity index (χ0n) is 7.39. The maximum atomic E-state index is 11.3. The van der Waals surface area contributed by atoms with Crippen molar-refractivity contribution in [2.24, 2.45) is 0 Å². The highest BCUT2D eigenvalue weighted by atomic mass is 32.2. The minimum absolute atomic E-state index is 0.0241. The SMILES string of the molecule is CCC(C(=O)O)S(=O)(=O)C(C)C#N. The van der Waals surface area contributed by atoms with Crippen molar-refractivity contribution in [1.82, 2.24) is 0 Å². The van der Waals surface area contributed by atoms with E-state index in [0.29, 0.717) is 0 Å². The summed E-state index contributed by atoms with van der Waals surface area (Å²) < 4.78 is 22.7. The maximum absolute atomic E-state index is 11.3. The number of nitriles is 1. The molecule has 0 spiro atoms. The van der Waals surface area contributed by atoms with Crippen molar-refractivity contribution in [3.05, 3.63) is 0 Å². The van der Waals surface area contributed by atoms with Crippen LogP contribution in [0.3, 0.4) is 0 Å². The number of hydrogen-bond acceptors (Lipinski definition) is 4. The van der Waals surface area contributed by atoms with Crippen molar-refractivity contribution in [2.45, 2.75) is 30.8 Å². The maximum Gasteiger partial charge on any atom is 0.321 e. The highest BCUT2D eigenvalue weighted by Gasteiger charge is 2.35. The van der Waals surface area contributed by atoms with Crippen LogP contribution in [0.2, 0.25) is 0 Å². The molecule has 5 nitrogen and oxygen atoms in total. The lowest BCUT2D eigenvalue weighted by Gasteiger charge is -2.12. The number of aliphatic carboxylic acids is 1. The molecule has 6 heteroatoms. The number of sulfone groups is 1. The molecule has 74 valence electrons. The summed E-state index contributed by atoms with van der Waals surface area (Å²) in [6.45, 7) is 2.64. The fraction of sp³-hybridized carbons (Fsp3) is 0.714. The summed E-state index contributed by atoms with van der Waals surface area (Å²) in [5.41, 5.74) is 0. The summed E-state index contributed by atoms with van der Waals surface area (Å²) >= 11 is 0. The number of carboxylic acids is 1. The zero-order chi connectivity index (χ0) is 10.6. The standard InChI is InChI=1S/C7H11NO4S/c1-3-6(7(9)10)13(11,12)5(2)4-8/h5-6H,3H2,1-2H3,(H,9,10). The topological polar surface area (TPSA) is 95.2 Å². The number of hydrogen-bond donors (Lipinski definition) is 1. The van der Waals surface area contributed by atoms with Crippen molar-refractivity contribution in [3.8, 4) is 6.07 Å². The zero-order valence-corrected chi connectivity index (χ0v) is 8.21. The second-order valence-electron chi connectivity index (χ2n) is 2.60. The molecule has 0 radical (unpaired) electrons. The molecule has 0 bridgehead atoms. The predicted octanol–water partition coefficient (Wildman–Crippen LogP) is 0.176. The summed E-state index contributed by atoms with van der Waals surface area (Å²) in [6.07, 6.45) is -0.0241. The van der Waals surface area contributed by atoms with Crippen molar-refractivity contribution >= 4 is 15.8 Å². The summed E-state index contributed by atoms with van der Waals surface area (Å²) in [7, 11) is -3.86. The first-order chi connectivity index (χ1) is 5.87. The van der Waals surface area contributed by atoms with E-state index in [9.17, 15) is 13.2 Å². The molecule has 0 aromatic heterocycles. The molecule has 2 unspecified atom stereocenters. The van der Waals surface area contributed by atoms with E-state index in [1.165, 1.54) is 19.9 Å². The minimum Gasteiger partial charge on any atom is -0.480 e. The molecule has 0 aliphatic carbocycles. The van der Waals surface area contributed by atoms with Crippen LogP contribution in [0.1, 0.15) is 20.3 Å². The smallest absolute Gasteiger partial charge is 0.321 e. The van der Waals surface area contributed by atoms with Crippen LogP contribution in [0.25, 0.3) is 0 Å². The molecule has 0 aliphatic rings. The predicted molar refractivity (Wildman–Crippen MR) is 45.7 cm³/mol. The van der Waals surface area contributed by atoms with Crippen LogP contribution in [-0.4, -0.2) is 30.0 Å². The molecular weight excluding hydrogens is 194 g/mol. The van der Waals surface area contributed by atoms with E-state index in [1.807, 2.05) is 0 Å². The number of carbonyl (C=O) groups is 1. The lowest BCUT2D eigenvalue weighted by molar-refractivity contribution is -0.136. The first-order valence-corrected chi connectivity index (χ1v) is 5.34. The summed E-state index contributed by atoms with van der Waals surface area (Å²) in [5.74, 6) is -1.40. The third kappa shape index (κ3) is 2.42. The number of nitrogens with zero attached hydrogens (tertiary/aromatic N) is 1. The lowest BCUT2D eigenvalue weighted by atomic mass is 10.3. The van der Waals surface area contributed by atoms with E-state index in [2.05, 4.69) is 0 Å². The Balaban J connectivity index is 5.04. The number of rotatable bonds is 4. The molecule has 0 saturated heterocycles. The van der Waals surface area contributed by atoms with Gasteiger partial charge in [0.05, 0.1) is 6.07 Å². The van der Waals surface area contributed by atoms with Gasteiger partial charge in [0.25, 0.3) is 0 Å². The molecule has 13 heavy (non-hydrogen) atoms. The molecule has 0 amide bonds. The summed E-state index contributed by atoms with van der Waals surface area (Å²) in [5, 5.41) is 14.2. The van der Waals surface area contributed by atoms with Crippen LogP contribution in [-0.2, 0) is 14.6 Å². The Kier molecular flexibility index (Phi) is 3.88. The van der Waals surface area contributed by atoms with Crippen LogP contribution in [0, 0.1) is 11.3 Å². The second kappa shape index (κ2) is 4.23. The van der Waals surface area contributed by atoms with Gasteiger partial charge >= 0.3 is 5.97 Å². The van der Waals surface area contributed by atoms with Crippen LogP contribution in [0.5, 0.6) is 0 Å². The Morgan fingerprint density at radius 3 is 2.31 bits per heavy atom. The third-order valence-electron chi connectivity index (χ3n) is 1.72. The number of carboxylic acid groups (broad SMARTS) is 1. The van der Waals surface area contributed by atoms with Crippen LogP contribution in [0.4, 0.5) is 0 Å². The first kappa shape index (κ1) is 11.9. The molecule has 1 N–H and O–H groups in total. The van der Waals surface area contributed by atoms with Crippen molar-refractivity contribution in [1.29, 1.82) is 5.26 Å². The summed E-state index contributed by atoms with van der Waals surface area (Å²) in [4.78, 5) is 10.5. The fourth-order valence-electron chi connectivity index (χ4n) is 0.867. The van der Waals surface area contributed by atoms with Gasteiger partial charge in [0, 0.05) is 0 Å². The van der Waals surface area contributed by atoms with Crippen molar-refractivity contribution in [2.75, 3.05) is 0 Å². The molecule has 0 saturated carbocycles. The average Bonchev–Trinajstić information content (AvgIpc) is 2.02. The van der Waals surface area contributed by atoms with E-state index in [-0.39, 0.29) is 6.42 Å². The Labute approximate surface area is 76.9 Å². The molecule has 0 heterocycles. The van der Waals surface area contributed by atoms with Gasteiger partial charge in [0.15, 0.2) is 15.1 Å². The van der Waals surface area contributed by atoms with Crippen molar-refractivity contribution in [3.63, 3.8) is 0 Å². The van der Waals surface area contributed by atoms with E-state index in [4.69, 9.17) is 10.4 Å². The van der Waals surface area contributed by atoms with Crippen molar-refractivity contribution < 1.29 is 18.3 Å². The van der Waals surface area contributed by atoms with E-state index >= 15 is 0 Å². The quantitative estimate of drug-likeness (QED) is 0.706. The molecule has 2 atom stereocenters. The van der Waals surface area contributed by atoms with Crippen LogP contribution < -0.4 is 0 Å². The largest absolute Gasteiger partial charge is 0.480 e. The van der Waals surface area contributed by atoms with Gasteiger partial charge in [-0.2, -0.15) is 5.26 Å². The Bertz CT molecular complexity index is 327. The minimum atomic E-state index is -3.86. The highest BCUT2D eigenvalue weighted by molar-refractivity contribution is 7.93. The van der Waals surface area contributed by atoms with Crippen LogP contribution >= 0.6 is 0 Å². The lowest BCUT2D eigenvalue weighted by Crippen LogP contribution is -2.35. The molecule has 0 aromatic carbocycles. The molecular formula is C7H11NO4S. The Hall–Kier alpha value is -1.09. The van der Waals surface area contributed by atoms with Gasteiger partial charge in [-0.05, 0) is 13.3 Å². The summed E-state index contributed by atoms with van der Waals surface area (Å²) in [6, 6.07) is 1.52. The van der Waals surface area contributed by atoms with Gasteiger partial charge in [-0.25, -0.2) is 8.42 Å². The normalized spacial score (nSPS) is 15.8. The van der Waals surface area contributed by atoms with Gasteiger partial charge in [0.2, 0.25) is 0 Å². The van der Waals surface area contributed by atoms with Crippen LogP contribution in [0.15, 0.2) is 0 Å². The Morgan fingerprint density at radius 1 is 1.62 bits per heavy atom. The van der Waals surface area contributed by atoms with Gasteiger partial charge in [-0.1, -0.05) is 6.92 Å². The molecule has 0 fully saturated rings. The molecule has 0 aromatic rings. The second-order valence-corrected chi connectivity index (χ2v) is 5.05. The van der Waals surface area contributed by atoms with E-state index < -0.39 is 26.3 Å². The third-order valence-corrected chi connectivity index (χ3v) is 4.14. The van der Waals surface area contributed by atoms with Gasteiger partial charge < -0.3 is 5.11 Å². The van der Waals surface area contributed by atoms with Gasteiger partial charge in [0.1, 0.15) is 5.25 Å². The van der Waals surface area contributed by atoms with Gasteiger partial charge in [-0.15, -0.1) is 0 Å². The Morgan fingerprint density at radius 2 is 2.08 bits per heavy atom. The monoisotopic (exact) mass is 205 g/mol. The van der Waals surface area contributed by atoms with E-state index in [1.54, 1.807) is 0 Å². The van der Waals surface area contributed by atoms with Gasteiger partial charge in [-0.3, -0.25) is 4.79 Å². The molecule has 0 aliphatic heterocycles.